The van der Waals surface area contributed by atoms with Crippen molar-refractivity contribution in [1.29, 1.82) is 0 Å². The maximum atomic E-state index is 11.1. The molecule has 1 rings (SSSR count). The van der Waals surface area contributed by atoms with Gasteiger partial charge in [-0.3, -0.25) is 9.32 Å². The fourth-order valence-electron chi connectivity index (χ4n) is 1.37. The van der Waals surface area contributed by atoms with E-state index in [1.807, 2.05) is 0 Å². The number of carbonyl (C=O) groups is 1. The van der Waals surface area contributed by atoms with Gasteiger partial charge in [0.25, 0.3) is 0 Å². The minimum atomic E-state index is -4.61. The Bertz CT molecular complexity index is 417. The van der Waals surface area contributed by atoms with Crippen LogP contribution in [-0.4, -0.2) is 40.9 Å². The highest BCUT2D eigenvalue weighted by atomic mass is 35.5. The highest BCUT2D eigenvalue weighted by molar-refractivity contribution is 7.46. The van der Waals surface area contributed by atoms with Gasteiger partial charge in [0.05, 0.1) is 0 Å². The molecule has 18 heavy (non-hydrogen) atoms. The molecule has 0 saturated carbocycles. The van der Waals surface area contributed by atoms with Gasteiger partial charge in [0.1, 0.15) is 18.1 Å². The van der Waals surface area contributed by atoms with Crippen LogP contribution in [0.2, 0.25) is 0 Å². The number of nitrogens with one attached hydrogen (secondary N) is 1. The van der Waals surface area contributed by atoms with Crippen LogP contribution >= 0.6 is 19.4 Å². The SMILES string of the molecule is COC1C=C(NC(=O)CCl)C=CC1OP(=O)(O)O. The molecule has 7 nitrogen and oxygen atoms in total. The van der Waals surface area contributed by atoms with Crippen molar-refractivity contribution in [3.05, 3.63) is 23.9 Å². The van der Waals surface area contributed by atoms with E-state index >= 15 is 0 Å². The first-order chi connectivity index (χ1) is 8.35. The minimum absolute atomic E-state index is 0.189. The number of alkyl halides is 1. The number of rotatable bonds is 5. The zero-order valence-electron chi connectivity index (χ0n) is 9.45. The van der Waals surface area contributed by atoms with E-state index in [0.717, 1.165) is 0 Å². The van der Waals surface area contributed by atoms with Gasteiger partial charge in [-0.25, -0.2) is 4.57 Å². The number of amides is 1. The number of hydrogen-bond acceptors (Lipinski definition) is 4. The van der Waals surface area contributed by atoms with Crippen molar-refractivity contribution in [1.82, 2.24) is 5.32 Å². The van der Waals surface area contributed by atoms with Crippen molar-refractivity contribution < 1.29 is 28.4 Å². The van der Waals surface area contributed by atoms with Crippen LogP contribution in [0.1, 0.15) is 0 Å². The molecule has 0 fully saturated rings. The van der Waals surface area contributed by atoms with Gasteiger partial charge in [0, 0.05) is 12.8 Å². The maximum Gasteiger partial charge on any atom is 0.470 e. The van der Waals surface area contributed by atoms with E-state index in [0.29, 0.717) is 5.70 Å². The molecule has 0 aliphatic heterocycles. The first-order valence-corrected chi connectivity index (χ1v) is 6.95. The van der Waals surface area contributed by atoms with Crippen LogP contribution in [-0.2, 0) is 18.6 Å². The molecule has 1 aliphatic carbocycles. The molecule has 1 aliphatic rings. The first kappa shape index (κ1) is 15.4. The van der Waals surface area contributed by atoms with E-state index in [4.69, 9.17) is 26.1 Å². The third-order valence-corrected chi connectivity index (χ3v) is 2.83. The number of hydrogen-bond donors (Lipinski definition) is 3. The van der Waals surface area contributed by atoms with Crippen LogP contribution in [0.4, 0.5) is 0 Å². The summed E-state index contributed by atoms with van der Waals surface area (Å²) in [5.41, 5.74) is 0.429. The summed E-state index contributed by atoms with van der Waals surface area (Å²) in [7, 11) is -3.25. The summed E-state index contributed by atoms with van der Waals surface area (Å²) in [4.78, 5) is 28.5. The number of phosphoric acid groups is 1. The van der Waals surface area contributed by atoms with Crippen LogP contribution < -0.4 is 5.32 Å². The Morgan fingerprint density at radius 1 is 1.56 bits per heavy atom. The fourth-order valence-corrected chi connectivity index (χ4v) is 1.94. The zero-order chi connectivity index (χ0) is 13.8. The molecular formula is C9H13ClNO6P. The van der Waals surface area contributed by atoms with Gasteiger partial charge >= 0.3 is 7.82 Å². The van der Waals surface area contributed by atoms with Crippen LogP contribution in [0, 0.1) is 0 Å². The Hall–Kier alpha value is -0.690. The Labute approximate surface area is 109 Å². The van der Waals surface area contributed by atoms with Crippen molar-refractivity contribution in [2.75, 3.05) is 13.0 Å². The summed E-state index contributed by atoms with van der Waals surface area (Å²) in [6.07, 6.45) is 2.68. The topological polar surface area (TPSA) is 105 Å². The third-order valence-electron chi connectivity index (χ3n) is 2.07. The Balaban J connectivity index is 2.73. The summed E-state index contributed by atoms with van der Waals surface area (Å²) in [5.74, 6) is -0.581. The number of ether oxygens (including phenoxy) is 1. The lowest BCUT2D eigenvalue weighted by Crippen LogP contribution is -2.32. The highest BCUT2D eigenvalue weighted by Crippen LogP contribution is 2.39. The van der Waals surface area contributed by atoms with Crippen molar-refractivity contribution in [2.45, 2.75) is 12.2 Å². The Morgan fingerprint density at radius 3 is 2.72 bits per heavy atom. The second kappa shape index (κ2) is 6.47. The molecule has 0 heterocycles. The quantitative estimate of drug-likeness (QED) is 0.497. The molecule has 0 radical (unpaired) electrons. The average molecular weight is 298 g/mol. The number of phosphoric ester groups is 1. The normalized spacial score (nSPS) is 23.7. The lowest BCUT2D eigenvalue weighted by molar-refractivity contribution is -0.117. The summed E-state index contributed by atoms with van der Waals surface area (Å²) in [6.45, 7) is 0. The van der Waals surface area contributed by atoms with Crippen molar-refractivity contribution >= 4 is 25.3 Å². The van der Waals surface area contributed by atoms with Gasteiger partial charge < -0.3 is 19.8 Å². The number of methoxy groups -OCH3 is 1. The molecule has 0 aromatic heterocycles. The molecule has 0 aromatic carbocycles. The van der Waals surface area contributed by atoms with Crippen molar-refractivity contribution in [3.63, 3.8) is 0 Å². The molecule has 2 unspecified atom stereocenters. The van der Waals surface area contributed by atoms with E-state index < -0.39 is 25.9 Å². The third kappa shape index (κ3) is 4.89. The molecule has 1 amide bonds. The molecule has 0 aromatic rings. The van der Waals surface area contributed by atoms with E-state index in [-0.39, 0.29) is 5.88 Å². The smallest absolute Gasteiger partial charge is 0.374 e. The standard InChI is InChI=1S/C9H13ClNO6P/c1-16-8-4-6(11-9(12)5-10)2-3-7(8)17-18(13,14)15/h2-4,7-8H,5H2,1H3,(H,11,12)(H2,13,14,15). The monoisotopic (exact) mass is 297 g/mol. The number of allylic oxidation sites excluding steroid dienone is 1. The van der Waals surface area contributed by atoms with E-state index in [1.54, 1.807) is 0 Å². The molecular weight excluding hydrogens is 285 g/mol. The predicted molar refractivity (Wildman–Crippen MR) is 63.8 cm³/mol. The van der Waals surface area contributed by atoms with Crippen LogP contribution in [0.5, 0.6) is 0 Å². The predicted octanol–water partition coefficient (Wildman–Crippen LogP) is 0.288. The fraction of sp³-hybridized carbons (Fsp3) is 0.444. The van der Waals surface area contributed by atoms with Gasteiger partial charge in [-0.2, -0.15) is 0 Å². The Morgan fingerprint density at radius 2 is 2.22 bits per heavy atom. The molecule has 9 heteroatoms. The molecule has 0 spiro atoms. The molecule has 102 valence electrons. The van der Waals surface area contributed by atoms with Crippen molar-refractivity contribution in [3.8, 4) is 0 Å². The van der Waals surface area contributed by atoms with Crippen LogP contribution in [0.25, 0.3) is 0 Å². The second-order valence-electron chi connectivity index (χ2n) is 3.42. The second-order valence-corrected chi connectivity index (χ2v) is 4.88. The average Bonchev–Trinajstić information content (AvgIpc) is 2.29. The molecule has 0 bridgehead atoms. The van der Waals surface area contributed by atoms with Gasteiger partial charge in [-0.15, -0.1) is 11.6 Å². The minimum Gasteiger partial charge on any atom is -0.374 e. The summed E-state index contributed by atoms with van der Waals surface area (Å²) >= 11 is 5.33. The molecule has 0 saturated heterocycles. The van der Waals surface area contributed by atoms with Crippen LogP contribution in [0.15, 0.2) is 23.9 Å². The van der Waals surface area contributed by atoms with Crippen LogP contribution in [0.3, 0.4) is 0 Å². The summed E-state index contributed by atoms with van der Waals surface area (Å²) < 4.78 is 20.3. The Kier molecular flexibility index (Phi) is 5.52. The largest absolute Gasteiger partial charge is 0.470 e. The lowest BCUT2D eigenvalue weighted by atomic mass is 10.1. The highest BCUT2D eigenvalue weighted by Gasteiger charge is 2.28. The van der Waals surface area contributed by atoms with E-state index in [9.17, 15) is 9.36 Å². The molecule has 2 atom stereocenters. The van der Waals surface area contributed by atoms with Gasteiger partial charge in [0.15, 0.2) is 0 Å². The molecule has 3 N–H and O–H groups in total. The van der Waals surface area contributed by atoms with Gasteiger partial charge in [-0.05, 0) is 12.2 Å². The lowest BCUT2D eigenvalue weighted by Gasteiger charge is -2.25. The summed E-state index contributed by atoms with van der Waals surface area (Å²) in [6, 6.07) is 0. The first-order valence-electron chi connectivity index (χ1n) is 4.88. The van der Waals surface area contributed by atoms with Gasteiger partial charge in [0.2, 0.25) is 5.91 Å². The van der Waals surface area contributed by atoms with E-state index in [1.165, 1.54) is 25.3 Å². The zero-order valence-corrected chi connectivity index (χ0v) is 11.1. The summed E-state index contributed by atoms with van der Waals surface area (Å²) in [5, 5.41) is 2.49. The van der Waals surface area contributed by atoms with Crippen molar-refractivity contribution in [2.24, 2.45) is 0 Å². The van der Waals surface area contributed by atoms with E-state index in [2.05, 4.69) is 9.84 Å². The number of halogens is 1. The van der Waals surface area contributed by atoms with Gasteiger partial charge in [-0.1, -0.05) is 6.08 Å². The number of carbonyl (C=O) groups excluding carboxylic acids is 1. The maximum absolute atomic E-state index is 11.1.